The van der Waals surface area contributed by atoms with Gasteiger partial charge in [0.1, 0.15) is 0 Å². The molecular weight excluding hydrogens is 212 g/mol. The zero-order chi connectivity index (χ0) is 12.7. The SMILES string of the molecule is CC(C)C1CCC(=O)N(CCCCCN)CC1. The number of likely N-dealkylation sites (tertiary alicyclic amines) is 1. The van der Waals surface area contributed by atoms with Crippen LogP contribution < -0.4 is 5.73 Å². The van der Waals surface area contributed by atoms with Gasteiger partial charge in [0.25, 0.3) is 0 Å². The number of nitrogens with zero attached hydrogens (tertiary/aromatic N) is 1. The lowest BCUT2D eigenvalue weighted by Crippen LogP contribution is -2.31. The van der Waals surface area contributed by atoms with Crippen molar-refractivity contribution in [2.45, 2.75) is 52.4 Å². The summed E-state index contributed by atoms with van der Waals surface area (Å²) in [5.41, 5.74) is 5.47. The topological polar surface area (TPSA) is 46.3 Å². The van der Waals surface area contributed by atoms with Crippen molar-refractivity contribution in [2.75, 3.05) is 19.6 Å². The minimum atomic E-state index is 0.362. The molecule has 0 radical (unpaired) electrons. The molecule has 0 bridgehead atoms. The van der Waals surface area contributed by atoms with Crippen LogP contribution in [-0.2, 0) is 4.79 Å². The molecule has 1 rings (SSSR count). The minimum Gasteiger partial charge on any atom is -0.343 e. The van der Waals surface area contributed by atoms with E-state index in [2.05, 4.69) is 18.7 Å². The maximum Gasteiger partial charge on any atom is 0.222 e. The van der Waals surface area contributed by atoms with Gasteiger partial charge in [-0.2, -0.15) is 0 Å². The van der Waals surface area contributed by atoms with Crippen molar-refractivity contribution >= 4 is 5.91 Å². The molecule has 3 nitrogen and oxygen atoms in total. The van der Waals surface area contributed by atoms with E-state index < -0.39 is 0 Å². The standard InChI is InChI=1S/C14H28N2O/c1-12(2)13-6-7-14(17)16(11-8-13)10-5-3-4-9-15/h12-13H,3-11,15H2,1-2H3. The van der Waals surface area contributed by atoms with Crippen LogP contribution in [0.15, 0.2) is 0 Å². The van der Waals surface area contributed by atoms with Crippen molar-refractivity contribution < 1.29 is 4.79 Å². The molecular formula is C14H28N2O. The van der Waals surface area contributed by atoms with Crippen LogP contribution in [0.25, 0.3) is 0 Å². The van der Waals surface area contributed by atoms with Gasteiger partial charge in [-0.1, -0.05) is 20.3 Å². The molecule has 1 saturated heterocycles. The Bertz CT molecular complexity index is 228. The third-order valence-corrected chi connectivity index (χ3v) is 3.93. The van der Waals surface area contributed by atoms with Crippen LogP contribution >= 0.6 is 0 Å². The summed E-state index contributed by atoms with van der Waals surface area (Å²) < 4.78 is 0. The van der Waals surface area contributed by atoms with Crippen molar-refractivity contribution in [3.8, 4) is 0 Å². The highest BCUT2D eigenvalue weighted by molar-refractivity contribution is 5.76. The molecule has 0 aromatic rings. The number of rotatable bonds is 6. The fraction of sp³-hybridized carbons (Fsp3) is 0.929. The molecule has 1 unspecified atom stereocenters. The summed E-state index contributed by atoms with van der Waals surface area (Å²) in [5.74, 6) is 1.80. The van der Waals surface area contributed by atoms with Gasteiger partial charge < -0.3 is 10.6 Å². The first-order valence-electron chi connectivity index (χ1n) is 7.13. The average molecular weight is 240 g/mol. The highest BCUT2D eigenvalue weighted by Gasteiger charge is 2.23. The number of hydrogen-bond donors (Lipinski definition) is 1. The Morgan fingerprint density at radius 3 is 2.71 bits per heavy atom. The van der Waals surface area contributed by atoms with Gasteiger partial charge in [-0.25, -0.2) is 0 Å². The summed E-state index contributed by atoms with van der Waals surface area (Å²) in [7, 11) is 0. The maximum atomic E-state index is 11.9. The molecule has 0 saturated carbocycles. The van der Waals surface area contributed by atoms with Gasteiger partial charge in [-0.15, -0.1) is 0 Å². The average Bonchev–Trinajstić information content (AvgIpc) is 2.48. The number of hydrogen-bond acceptors (Lipinski definition) is 2. The predicted molar refractivity (Wildman–Crippen MR) is 71.7 cm³/mol. The van der Waals surface area contributed by atoms with E-state index in [0.29, 0.717) is 11.8 Å². The number of carbonyl (C=O) groups excluding carboxylic acids is 1. The number of unbranched alkanes of at least 4 members (excludes halogenated alkanes) is 2. The van der Waals surface area contributed by atoms with Gasteiger partial charge in [0.05, 0.1) is 0 Å². The minimum absolute atomic E-state index is 0.362. The summed E-state index contributed by atoms with van der Waals surface area (Å²) in [6, 6.07) is 0. The van der Waals surface area contributed by atoms with E-state index >= 15 is 0 Å². The molecule has 1 fully saturated rings. The van der Waals surface area contributed by atoms with Crippen LogP contribution in [0.3, 0.4) is 0 Å². The molecule has 100 valence electrons. The van der Waals surface area contributed by atoms with Gasteiger partial charge >= 0.3 is 0 Å². The summed E-state index contributed by atoms with van der Waals surface area (Å²) in [5, 5.41) is 0. The summed E-state index contributed by atoms with van der Waals surface area (Å²) in [4.78, 5) is 14.0. The van der Waals surface area contributed by atoms with Crippen LogP contribution in [0.5, 0.6) is 0 Å². The quantitative estimate of drug-likeness (QED) is 0.725. The zero-order valence-corrected chi connectivity index (χ0v) is 11.5. The molecule has 1 heterocycles. The van der Waals surface area contributed by atoms with E-state index in [9.17, 15) is 4.79 Å². The molecule has 1 aliphatic heterocycles. The molecule has 0 spiro atoms. The van der Waals surface area contributed by atoms with Crippen LogP contribution in [0.4, 0.5) is 0 Å². The number of carbonyl (C=O) groups is 1. The first-order valence-corrected chi connectivity index (χ1v) is 7.13. The first-order chi connectivity index (χ1) is 8.15. The molecule has 17 heavy (non-hydrogen) atoms. The second-order valence-corrected chi connectivity index (χ2v) is 5.56. The van der Waals surface area contributed by atoms with Gasteiger partial charge in [0, 0.05) is 19.5 Å². The number of nitrogens with two attached hydrogens (primary N) is 1. The predicted octanol–water partition coefficient (Wildman–Crippen LogP) is 2.40. The normalized spacial score (nSPS) is 22.0. The molecule has 3 heteroatoms. The second-order valence-electron chi connectivity index (χ2n) is 5.56. The lowest BCUT2D eigenvalue weighted by Gasteiger charge is -2.21. The molecule has 2 N–H and O–H groups in total. The Balaban J connectivity index is 2.32. The van der Waals surface area contributed by atoms with Crippen molar-refractivity contribution in [3.05, 3.63) is 0 Å². The van der Waals surface area contributed by atoms with Crippen molar-refractivity contribution in [1.29, 1.82) is 0 Å². The van der Waals surface area contributed by atoms with Crippen LogP contribution in [0, 0.1) is 11.8 Å². The van der Waals surface area contributed by atoms with Gasteiger partial charge in [0.15, 0.2) is 0 Å². The molecule has 0 aromatic heterocycles. The zero-order valence-electron chi connectivity index (χ0n) is 11.5. The fourth-order valence-electron chi connectivity index (χ4n) is 2.58. The monoisotopic (exact) mass is 240 g/mol. The largest absolute Gasteiger partial charge is 0.343 e. The van der Waals surface area contributed by atoms with Crippen molar-refractivity contribution in [1.82, 2.24) is 4.90 Å². The van der Waals surface area contributed by atoms with Gasteiger partial charge in [-0.05, 0) is 44.1 Å². The Morgan fingerprint density at radius 2 is 2.06 bits per heavy atom. The third kappa shape index (κ3) is 5.07. The molecule has 0 aliphatic carbocycles. The molecule has 1 aliphatic rings. The Labute approximate surface area is 106 Å². The van der Waals surface area contributed by atoms with Crippen LogP contribution in [-0.4, -0.2) is 30.4 Å². The van der Waals surface area contributed by atoms with Crippen molar-refractivity contribution in [2.24, 2.45) is 17.6 Å². The first kappa shape index (κ1) is 14.5. The number of amides is 1. The van der Waals surface area contributed by atoms with Gasteiger partial charge in [0.2, 0.25) is 5.91 Å². The van der Waals surface area contributed by atoms with E-state index in [0.717, 1.165) is 57.7 Å². The van der Waals surface area contributed by atoms with Crippen molar-refractivity contribution in [3.63, 3.8) is 0 Å². The lowest BCUT2D eigenvalue weighted by molar-refractivity contribution is -0.130. The molecule has 1 atom stereocenters. The van der Waals surface area contributed by atoms with E-state index in [1.807, 2.05) is 0 Å². The highest BCUT2D eigenvalue weighted by atomic mass is 16.2. The van der Waals surface area contributed by atoms with Crippen LogP contribution in [0.1, 0.15) is 52.4 Å². The summed E-state index contributed by atoms with van der Waals surface area (Å²) in [6.07, 6.45) is 6.34. The molecule has 1 amide bonds. The lowest BCUT2D eigenvalue weighted by atomic mass is 9.89. The van der Waals surface area contributed by atoms with E-state index in [1.165, 1.54) is 6.42 Å². The smallest absolute Gasteiger partial charge is 0.222 e. The summed E-state index contributed by atoms with van der Waals surface area (Å²) in [6.45, 7) is 7.20. The molecule has 0 aromatic carbocycles. The Hall–Kier alpha value is -0.570. The maximum absolute atomic E-state index is 11.9. The van der Waals surface area contributed by atoms with E-state index in [4.69, 9.17) is 5.73 Å². The highest BCUT2D eigenvalue weighted by Crippen LogP contribution is 2.25. The van der Waals surface area contributed by atoms with Crippen LogP contribution in [0.2, 0.25) is 0 Å². The Morgan fingerprint density at radius 1 is 1.29 bits per heavy atom. The van der Waals surface area contributed by atoms with E-state index in [1.54, 1.807) is 0 Å². The van der Waals surface area contributed by atoms with E-state index in [-0.39, 0.29) is 0 Å². The fourth-order valence-corrected chi connectivity index (χ4v) is 2.58. The van der Waals surface area contributed by atoms with Gasteiger partial charge in [-0.3, -0.25) is 4.79 Å². The third-order valence-electron chi connectivity index (χ3n) is 3.93. The second kappa shape index (κ2) is 7.70. The Kier molecular flexibility index (Phi) is 6.56. The summed E-state index contributed by atoms with van der Waals surface area (Å²) >= 11 is 0.